The Bertz CT molecular complexity index is 1240. The van der Waals surface area contributed by atoms with Crippen LogP contribution in [0.5, 0.6) is 5.75 Å². The van der Waals surface area contributed by atoms with Crippen molar-refractivity contribution in [3.05, 3.63) is 88.5 Å². The molecule has 4 rings (SSSR count). The van der Waals surface area contributed by atoms with E-state index in [1.54, 1.807) is 23.8 Å². The molecule has 0 fully saturated rings. The molecule has 0 saturated heterocycles. The van der Waals surface area contributed by atoms with Crippen molar-refractivity contribution in [3.8, 4) is 16.9 Å². The van der Waals surface area contributed by atoms with Gasteiger partial charge in [0.1, 0.15) is 11.6 Å². The normalized spacial score (nSPS) is 11.0. The van der Waals surface area contributed by atoms with Crippen LogP contribution in [0.4, 0.5) is 5.69 Å². The molecule has 3 aromatic carbocycles. The molecule has 152 valence electrons. The van der Waals surface area contributed by atoms with Crippen LogP contribution < -0.4 is 16.0 Å². The lowest BCUT2D eigenvalue weighted by Gasteiger charge is -2.14. The summed E-state index contributed by atoms with van der Waals surface area (Å²) in [5.74, 6) is 1.63. The highest BCUT2D eigenvalue weighted by atomic mass is 16.5. The van der Waals surface area contributed by atoms with E-state index >= 15 is 0 Å². The summed E-state index contributed by atoms with van der Waals surface area (Å²) in [6.07, 6.45) is 1.67. The Labute approximate surface area is 175 Å². The number of methoxy groups -OCH3 is 1. The average Bonchev–Trinajstić information content (AvgIpc) is 2.77. The van der Waals surface area contributed by atoms with Crippen LogP contribution >= 0.6 is 0 Å². The van der Waals surface area contributed by atoms with Crippen molar-refractivity contribution in [1.82, 2.24) is 9.55 Å². The summed E-state index contributed by atoms with van der Waals surface area (Å²) in [6, 6.07) is 21.5. The van der Waals surface area contributed by atoms with Crippen molar-refractivity contribution in [3.63, 3.8) is 0 Å². The molecule has 0 saturated carbocycles. The first-order valence-electron chi connectivity index (χ1n) is 10.1. The standard InChI is InChI=1S/C25H25N3O2/c1-3-5-24-27-23-13-12-20(26)15-22(23)25(29)28(24)16-17-8-10-18(11-9-17)19-6-4-7-21(14-19)30-2/h4,6-15H,3,5,16,26H2,1-2H3. The zero-order chi connectivity index (χ0) is 21.1. The first kappa shape index (κ1) is 19.7. The molecule has 0 atom stereocenters. The molecule has 5 heteroatoms. The topological polar surface area (TPSA) is 70.1 Å². The van der Waals surface area contributed by atoms with E-state index in [1.165, 1.54) is 0 Å². The predicted octanol–water partition coefficient (Wildman–Crippen LogP) is 4.66. The number of hydrogen-bond donors (Lipinski definition) is 1. The third kappa shape index (κ3) is 3.92. The van der Waals surface area contributed by atoms with Crippen LogP contribution in [0.25, 0.3) is 22.0 Å². The van der Waals surface area contributed by atoms with E-state index in [-0.39, 0.29) is 5.56 Å². The Kier molecular flexibility index (Phi) is 5.53. The number of nitrogen functional groups attached to an aromatic ring is 1. The quantitative estimate of drug-likeness (QED) is 0.479. The molecule has 0 aliphatic rings. The second-order valence-corrected chi connectivity index (χ2v) is 7.37. The summed E-state index contributed by atoms with van der Waals surface area (Å²) in [5, 5.41) is 0.558. The van der Waals surface area contributed by atoms with Gasteiger partial charge in [0, 0.05) is 12.1 Å². The van der Waals surface area contributed by atoms with Gasteiger partial charge in [-0.3, -0.25) is 9.36 Å². The maximum absolute atomic E-state index is 13.2. The third-order valence-corrected chi connectivity index (χ3v) is 5.23. The Morgan fingerprint density at radius 1 is 1.00 bits per heavy atom. The van der Waals surface area contributed by atoms with Crippen molar-refractivity contribution in [1.29, 1.82) is 0 Å². The number of fused-ring (bicyclic) bond motifs is 1. The van der Waals surface area contributed by atoms with Gasteiger partial charge in [0.2, 0.25) is 0 Å². The summed E-state index contributed by atoms with van der Waals surface area (Å²) in [6.45, 7) is 2.57. The van der Waals surface area contributed by atoms with Crippen LogP contribution in [-0.2, 0) is 13.0 Å². The number of nitrogens with zero attached hydrogens (tertiary/aromatic N) is 2. The second-order valence-electron chi connectivity index (χ2n) is 7.37. The Morgan fingerprint density at radius 2 is 1.80 bits per heavy atom. The minimum Gasteiger partial charge on any atom is -0.497 e. The molecule has 0 aliphatic carbocycles. The van der Waals surface area contributed by atoms with E-state index < -0.39 is 0 Å². The number of nitrogens with two attached hydrogens (primary N) is 1. The monoisotopic (exact) mass is 399 g/mol. The lowest BCUT2D eigenvalue weighted by Crippen LogP contribution is -2.26. The summed E-state index contributed by atoms with van der Waals surface area (Å²) in [7, 11) is 1.67. The van der Waals surface area contributed by atoms with Crippen molar-refractivity contribution in [2.75, 3.05) is 12.8 Å². The molecule has 0 spiro atoms. The molecular weight excluding hydrogens is 374 g/mol. The van der Waals surface area contributed by atoms with Crippen LogP contribution in [0, 0.1) is 0 Å². The van der Waals surface area contributed by atoms with Gasteiger partial charge < -0.3 is 10.5 Å². The first-order valence-corrected chi connectivity index (χ1v) is 10.1. The Morgan fingerprint density at radius 3 is 2.53 bits per heavy atom. The fourth-order valence-electron chi connectivity index (χ4n) is 3.65. The maximum Gasteiger partial charge on any atom is 0.261 e. The molecular formula is C25H25N3O2. The van der Waals surface area contributed by atoms with Gasteiger partial charge in [-0.05, 0) is 53.4 Å². The van der Waals surface area contributed by atoms with Gasteiger partial charge in [-0.2, -0.15) is 0 Å². The van der Waals surface area contributed by atoms with Gasteiger partial charge in [0.25, 0.3) is 5.56 Å². The van der Waals surface area contributed by atoms with E-state index in [1.807, 2.05) is 24.3 Å². The molecule has 0 radical (unpaired) electrons. The number of aromatic nitrogens is 2. The summed E-state index contributed by atoms with van der Waals surface area (Å²) in [4.78, 5) is 17.9. The fourth-order valence-corrected chi connectivity index (χ4v) is 3.65. The smallest absolute Gasteiger partial charge is 0.261 e. The average molecular weight is 399 g/mol. The largest absolute Gasteiger partial charge is 0.497 e. The minimum absolute atomic E-state index is 0.0485. The number of anilines is 1. The van der Waals surface area contributed by atoms with Gasteiger partial charge in [-0.15, -0.1) is 0 Å². The minimum atomic E-state index is -0.0485. The third-order valence-electron chi connectivity index (χ3n) is 5.23. The zero-order valence-electron chi connectivity index (χ0n) is 17.3. The highest BCUT2D eigenvalue weighted by Crippen LogP contribution is 2.24. The molecule has 0 amide bonds. The number of rotatable bonds is 6. The first-order chi connectivity index (χ1) is 14.6. The van der Waals surface area contributed by atoms with Gasteiger partial charge in [0.05, 0.1) is 24.6 Å². The number of benzene rings is 3. The highest BCUT2D eigenvalue weighted by Gasteiger charge is 2.12. The fraction of sp³-hybridized carbons (Fsp3) is 0.200. The zero-order valence-corrected chi connectivity index (χ0v) is 17.3. The molecule has 1 heterocycles. The van der Waals surface area contributed by atoms with Crippen molar-refractivity contribution in [2.24, 2.45) is 0 Å². The lowest BCUT2D eigenvalue weighted by molar-refractivity contribution is 0.415. The molecule has 0 unspecified atom stereocenters. The molecule has 2 N–H and O–H groups in total. The Hall–Kier alpha value is -3.60. The van der Waals surface area contributed by atoms with E-state index in [0.717, 1.165) is 41.1 Å². The van der Waals surface area contributed by atoms with Gasteiger partial charge in [-0.1, -0.05) is 43.3 Å². The number of ether oxygens (including phenoxy) is 1. The van der Waals surface area contributed by atoms with Gasteiger partial charge in [-0.25, -0.2) is 4.98 Å². The van der Waals surface area contributed by atoms with E-state index in [0.29, 0.717) is 23.1 Å². The van der Waals surface area contributed by atoms with Gasteiger partial charge in [0.15, 0.2) is 0 Å². The molecule has 30 heavy (non-hydrogen) atoms. The Balaban J connectivity index is 1.70. The summed E-state index contributed by atoms with van der Waals surface area (Å²) in [5.41, 5.74) is 10.4. The SMILES string of the molecule is CCCc1nc2ccc(N)cc2c(=O)n1Cc1ccc(-c2cccc(OC)c2)cc1. The number of aryl methyl sites for hydroxylation is 1. The second kappa shape index (κ2) is 8.41. The van der Waals surface area contributed by atoms with Crippen LogP contribution in [0.15, 0.2) is 71.5 Å². The maximum atomic E-state index is 13.2. The van der Waals surface area contributed by atoms with Crippen molar-refractivity contribution < 1.29 is 4.74 Å². The van der Waals surface area contributed by atoms with Crippen LogP contribution in [0.3, 0.4) is 0 Å². The van der Waals surface area contributed by atoms with Gasteiger partial charge >= 0.3 is 0 Å². The van der Waals surface area contributed by atoms with Crippen LogP contribution in [0.2, 0.25) is 0 Å². The summed E-state index contributed by atoms with van der Waals surface area (Å²) < 4.78 is 7.09. The van der Waals surface area contributed by atoms with Crippen molar-refractivity contribution >= 4 is 16.6 Å². The highest BCUT2D eigenvalue weighted by molar-refractivity contribution is 5.81. The van der Waals surface area contributed by atoms with E-state index in [2.05, 4.69) is 37.3 Å². The molecule has 0 bridgehead atoms. The predicted molar refractivity (Wildman–Crippen MR) is 122 cm³/mol. The molecule has 0 aliphatic heterocycles. The van der Waals surface area contributed by atoms with Crippen molar-refractivity contribution in [2.45, 2.75) is 26.3 Å². The van der Waals surface area contributed by atoms with Crippen LogP contribution in [0.1, 0.15) is 24.7 Å². The number of hydrogen-bond acceptors (Lipinski definition) is 4. The summed E-state index contributed by atoms with van der Waals surface area (Å²) >= 11 is 0. The van der Waals surface area contributed by atoms with E-state index in [9.17, 15) is 4.79 Å². The molecule has 5 nitrogen and oxygen atoms in total. The van der Waals surface area contributed by atoms with Crippen LogP contribution in [-0.4, -0.2) is 16.7 Å². The lowest BCUT2D eigenvalue weighted by atomic mass is 10.0. The molecule has 1 aromatic heterocycles. The van der Waals surface area contributed by atoms with E-state index in [4.69, 9.17) is 15.5 Å². The molecule has 4 aromatic rings.